The van der Waals surface area contributed by atoms with E-state index in [1.807, 2.05) is 0 Å². The second-order valence-corrected chi connectivity index (χ2v) is 23.2. The third kappa shape index (κ3) is 7.25. The van der Waals surface area contributed by atoms with Crippen LogP contribution in [0.15, 0.2) is 266 Å². The molecule has 4 aliphatic rings. The summed E-state index contributed by atoms with van der Waals surface area (Å²) in [5.74, 6) is 1.29. The molecule has 1 saturated carbocycles. The third-order valence-corrected chi connectivity index (χ3v) is 18.1. The molecule has 2 heterocycles. The molecule has 0 N–H and O–H groups in total. The predicted octanol–water partition coefficient (Wildman–Crippen LogP) is 17.8. The average molecular weight is 999 g/mol. The fourth-order valence-corrected chi connectivity index (χ4v) is 13.9. The van der Waals surface area contributed by atoms with Crippen LogP contribution in [0.4, 0.5) is 34.1 Å². The highest BCUT2D eigenvalue weighted by Gasteiger charge is 2.47. The smallest absolute Gasteiger partial charge is 0.252 e. The predicted molar refractivity (Wildman–Crippen MR) is 332 cm³/mol. The van der Waals surface area contributed by atoms with Gasteiger partial charge in [0.15, 0.2) is 0 Å². The summed E-state index contributed by atoms with van der Waals surface area (Å²) in [6, 6.07) is 91.3. The molecule has 0 radical (unpaired) electrons. The molecule has 2 aliphatic carbocycles. The van der Waals surface area contributed by atoms with E-state index in [1.165, 1.54) is 117 Å². The highest BCUT2D eigenvalue weighted by molar-refractivity contribution is 7.00. The van der Waals surface area contributed by atoms with Gasteiger partial charge in [0.05, 0.1) is 0 Å². The van der Waals surface area contributed by atoms with Crippen molar-refractivity contribution >= 4 is 78.8 Å². The van der Waals surface area contributed by atoms with Gasteiger partial charge in [-0.15, -0.1) is 0 Å². The first-order chi connectivity index (χ1) is 38.2. The number of hydrogen-bond acceptors (Lipinski definition) is 2. The number of para-hydroxylation sites is 2. The van der Waals surface area contributed by atoms with Crippen LogP contribution in [-0.4, -0.2) is 6.71 Å². The second-order valence-electron chi connectivity index (χ2n) is 23.2. The van der Waals surface area contributed by atoms with Crippen molar-refractivity contribution in [3.8, 4) is 33.4 Å². The van der Waals surface area contributed by atoms with Crippen molar-refractivity contribution < 1.29 is 0 Å². The van der Waals surface area contributed by atoms with Crippen LogP contribution in [0.5, 0.6) is 0 Å². The molecule has 3 heteroatoms. The maximum absolute atomic E-state index is 2.60. The van der Waals surface area contributed by atoms with Crippen LogP contribution in [-0.2, 0) is 10.8 Å². The lowest BCUT2D eigenvalue weighted by Crippen LogP contribution is -2.61. The van der Waals surface area contributed by atoms with Crippen LogP contribution < -0.4 is 26.2 Å². The summed E-state index contributed by atoms with van der Waals surface area (Å²) >= 11 is 0. The Bertz CT molecular complexity index is 4180. The van der Waals surface area contributed by atoms with Crippen LogP contribution in [0.25, 0.3) is 54.9 Å². The molecular formula is C75H59BN2. The zero-order valence-corrected chi connectivity index (χ0v) is 44.7. The maximum Gasteiger partial charge on any atom is 0.252 e. The highest BCUT2D eigenvalue weighted by atomic mass is 15.2. The Kier molecular flexibility index (Phi) is 10.6. The van der Waals surface area contributed by atoms with Gasteiger partial charge in [-0.2, -0.15) is 0 Å². The Morgan fingerprint density at radius 1 is 0.385 bits per heavy atom. The fraction of sp³-hybridized carbons (Fsp3) is 0.120. The number of allylic oxidation sites excluding steroid dienone is 4. The van der Waals surface area contributed by atoms with Crippen molar-refractivity contribution in [2.24, 2.45) is 11.8 Å². The van der Waals surface area contributed by atoms with E-state index < -0.39 is 0 Å². The number of benzene rings is 11. The Balaban J connectivity index is 0.996. The van der Waals surface area contributed by atoms with Gasteiger partial charge in [0.25, 0.3) is 6.71 Å². The first-order valence-corrected chi connectivity index (χ1v) is 27.9. The molecule has 11 aromatic rings. The van der Waals surface area contributed by atoms with E-state index in [4.69, 9.17) is 0 Å². The van der Waals surface area contributed by atoms with Crippen LogP contribution in [0, 0.1) is 11.8 Å². The van der Waals surface area contributed by atoms with Crippen LogP contribution in [0.3, 0.4) is 0 Å². The van der Waals surface area contributed by atoms with Gasteiger partial charge in [-0.05, 0) is 161 Å². The lowest BCUT2D eigenvalue weighted by Gasteiger charge is -2.45. The normalized spacial score (nSPS) is 16.1. The molecule has 11 aromatic carbocycles. The molecule has 0 aromatic heterocycles. The lowest BCUT2D eigenvalue weighted by atomic mass is 9.33. The third-order valence-electron chi connectivity index (χ3n) is 18.1. The maximum atomic E-state index is 2.60. The summed E-state index contributed by atoms with van der Waals surface area (Å²) in [4.78, 5) is 5.14. The molecule has 78 heavy (non-hydrogen) atoms. The summed E-state index contributed by atoms with van der Waals surface area (Å²) in [7, 11) is 0. The Morgan fingerprint density at radius 3 is 1.40 bits per heavy atom. The van der Waals surface area contributed by atoms with Crippen LogP contribution >= 0.6 is 0 Å². The van der Waals surface area contributed by atoms with Crippen molar-refractivity contribution in [3.63, 3.8) is 0 Å². The van der Waals surface area contributed by atoms with Crippen LogP contribution in [0.2, 0.25) is 0 Å². The first-order valence-electron chi connectivity index (χ1n) is 27.9. The number of anilines is 6. The van der Waals surface area contributed by atoms with Crippen molar-refractivity contribution in [2.75, 3.05) is 9.80 Å². The van der Waals surface area contributed by atoms with E-state index in [9.17, 15) is 0 Å². The topological polar surface area (TPSA) is 6.48 Å². The van der Waals surface area contributed by atoms with Gasteiger partial charge in [0, 0.05) is 45.0 Å². The van der Waals surface area contributed by atoms with Crippen molar-refractivity contribution in [3.05, 3.63) is 283 Å². The van der Waals surface area contributed by atoms with E-state index in [0.717, 1.165) is 11.4 Å². The zero-order valence-electron chi connectivity index (χ0n) is 44.7. The SMILES string of the molecule is CC(C)(C1=CC=CC2CC12)c1ccc2c(c1)B1c3cc(C(C)(C)c4ccccc4)ccc3N(c3ccccc3)c3cc(-c4cccc(-c5c6ccccc6c(-c6ccccc6)c6ccccc56)c4)cc(c31)N2c1ccccc1. The molecule has 0 amide bonds. The molecular weight excluding hydrogens is 940 g/mol. The average Bonchev–Trinajstić information content (AvgIpc) is 3.19. The van der Waals surface area contributed by atoms with Crippen molar-refractivity contribution in [2.45, 2.75) is 44.9 Å². The highest BCUT2D eigenvalue weighted by Crippen LogP contribution is 2.55. The second kappa shape index (κ2) is 17.8. The van der Waals surface area contributed by atoms with E-state index in [-0.39, 0.29) is 17.5 Å². The molecule has 0 bridgehead atoms. The fourth-order valence-electron chi connectivity index (χ4n) is 13.9. The molecule has 15 rings (SSSR count). The number of nitrogens with zero attached hydrogens (tertiary/aromatic N) is 2. The van der Waals surface area contributed by atoms with Gasteiger partial charge in [-0.3, -0.25) is 0 Å². The molecule has 1 fully saturated rings. The van der Waals surface area contributed by atoms with E-state index in [1.54, 1.807) is 5.57 Å². The monoisotopic (exact) mass is 998 g/mol. The van der Waals surface area contributed by atoms with Crippen LogP contribution in [0.1, 0.15) is 50.8 Å². The molecule has 0 spiro atoms. The van der Waals surface area contributed by atoms with E-state index in [0.29, 0.717) is 11.8 Å². The molecule has 2 unspecified atom stereocenters. The van der Waals surface area contributed by atoms with Gasteiger partial charge in [-0.25, -0.2) is 0 Å². The van der Waals surface area contributed by atoms with E-state index >= 15 is 0 Å². The number of hydrogen-bond donors (Lipinski definition) is 0. The Morgan fingerprint density at radius 2 is 0.846 bits per heavy atom. The molecule has 2 nitrogen and oxygen atoms in total. The lowest BCUT2D eigenvalue weighted by molar-refractivity contribution is 0.575. The minimum atomic E-state index is -0.246. The number of rotatable bonds is 9. The molecule has 372 valence electrons. The number of fused-ring (bicyclic) bond motifs is 7. The van der Waals surface area contributed by atoms with Crippen molar-refractivity contribution in [1.29, 1.82) is 0 Å². The molecule has 2 aliphatic heterocycles. The Hall–Kier alpha value is -8.92. The minimum absolute atomic E-state index is 0.0580. The van der Waals surface area contributed by atoms with Gasteiger partial charge in [-0.1, -0.05) is 240 Å². The largest absolute Gasteiger partial charge is 0.311 e. The minimum Gasteiger partial charge on any atom is -0.311 e. The van der Waals surface area contributed by atoms with Gasteiger partial charge < -0.3 is 9.80 Å². The summed E-state index contributed by atoms with van der Waals surface area (Å²) in [6.45, 7) is 9.63. The Labute approximate surface area is 459 Å². The standard InChI is InChI=1S/C75H59BN2/c1-74(2,54-28-11-6-12-29-54)55-39-41-67-65(47-55)76-66-48-56(75(3,4)64-38-22-26-51-44-63(51)64)40-42-68(66)78(58-32-15-8-16-33-58)70-46-53(45-69(73(70)76)77(67)57-30-13-7-14-31-57)50-25-21-27-52(43-50)72-61-36-19-17-34-59(61)71(49-23-9-5-10-24-49)60-35-18-20-37-62(60)72/h5-43,45-48,51,63H,44H2,1-4H3. The van der Waals surface area contributed by atoms with Gasteiger partial charge >= 0.3 is 0 Å². The summed E-state index contributed by atoms with van der Waals surface area (Å²) in [5, 5.41) is 5.01. The quantitative estimate of drug-likeness (QED) is 0.105. The van der Waals surface area contributed by atoms with Gasteiger partial charge in [0.1, 0.15) is 0 Å². The first kappa shape index (κ1) is 46.4. The van der Waals surface area contributed by atoms with E-state index in [2.05, 4.69) is 298 Å². The zero-order chi connectivity index (χ0) is 52.3. The molecule has 2 atom stereocenters. The van der Waals surface area contributed by atoms with Gasteiger partial charge in [0.2, 0.25) is 0 Å². The molecule has 0 saturated heterocycles. The summed E-state index contributed by atoms with van der Waals surface area (Å²) in [5.41, 5.74) is 23.5. The van der Waals surface area contributed by atoms with Crippen molar-refractivity contribution in [1.82, 2.24) is 0 Å². The summed E-state index contributed by atoms with van der Waals surface area (Å²) in [6.07, 6.45) is 8.40. The summed E-state index contributed by atoms with van der Waals surface area (Å²) < 4.78 is 0.